The number of ketones is 1. The van der Waals surface area contributed by atoms with Gasteiger partial charge in [-0.1, -0.05) is 19.0 Å². The molecule has 30 heavy (non-hydrogen) atoms. The Morgan fingerprint density at radius 2 is 1.97 bits per heavy atom. The van der Waals surface area contributed by atoms with Crippen LogP contribution >= 0.6 is 0 Å². The lowest BCUT2D eigenvalue weighted by atomic mass is 9.85. The smallest absolute Gasteiger partial charge is 0.258 e. The topological polar surface area (TPSA) is 107 Å². The lowest BCUT2D eigenvalue weighted by molar-refractivity contribution is -0.114. The van der Waals surface area contributed by atoms with Crippen molar-refractivity contribution >= 4 is 17.5 Å². The average Bonchev–Trinajstić information content (AvgIpc) is 3.23. The highest BCUT2D eigenvalue weighted by Gasteiger charge is 2.37. The van der Waals surface area contributed by atoms with Gasteiger partial charge in [-0.15, -0.1) is 0 Å². The molecule has 0 atom stereocenters. The summed E-state index contributed by atoms with van der Waals surface area (Å²) in [4.78, 5) is 32.5. The van der Waals surface area contributed by atoms with Gasteiger partial charge < -0.3 is 14.6 Å². The molecule has 0 fully saturated rings. The summed E-state index contributed by atoms with van der Waals surface area (Å²) in [7, 11) is 0. The number of carbonyl (C=O) groups is 2. The number of ether oxygens (including phenoxy) is 1. The van der Waals surface area contributed by atoms with Crippen molar-refractivity contribution in [3.05, 3.63) is 42.1 Å². The lowest BCUT2D eigenvalue weighted by Crippen LogP contribution is -2.40. The van der Waals surface area contributed by atoms with E-state index in [9.17, 15) is 9.59 Å². The quantitative estimate of drug-likeness (QED) is 0.674. The maximum absolute atomic E-state index is 12.8. The number of fused-ring (bicyclic) bond motifs is 1. The third-order valence-electron chi connectivity index (χ3n) is 5.37. The number of hydrogen-bond donors (Lipinski definition) is 1. The first-order valence-corrected chi connectivity index (χ1v) is 9.87. The summed E-state index contributed by atoms with van der Waals surface area (Å²) in [6.07, 6.45) is 3.46. The molecular weight excluding hydrogens is 384 g/mol. The van der Waals surface area contributed by atoms with E-state index in [0.717, 1.165) is 12.8 Å². The predicted molar refractivity (Wildman–Crippen MR) is 110 cm³/mol. The zero-order chi connectivity index (χ0) is 21.3. The number of hydrogen-bond acceptors (Lipinski definition) is 7. The van der Waals surface area contributed by atoms with Crippen molar-refractivity contribution in [2.75, 3.05) is 5.32 Å². The Hall–Kier alpha value is -3.55. The van der Waals surface area contributed by atoms with Crippen molar-refractivity contribution in [1.82, 2.24) is 15.1 Å². The van der Waals surface area contributed by atoms with Gasteiger partial charge in [0, 0.05) is 24.2 Å². The van der Waals surface area contributed by atoms with E-state index in [-0.39, 0.29) is 11.7 Å². The summed E-state index contributed by atoms with van der Waals surface area (Å²) >= 11 is 0. The number of carbonyl (C=O) groups excluding carboxylic acids is 2. The van der Waals surface area contributed by atoms with Crippen LogP contribution in [0.25, 0.3) is 22.8 Å². The van der Waals surface area contributed by atoms with Crippen LogP contribution < -0.4 is 10.1 Å². The summed E-state index contributed by atoms with van der Waals surface area (Å²) in [6.45, 7) is 5.48. The monoisotopic (exact) mass is 406 g/mol. The summed E-state index contributed by atoms with van der Waals surface area (Å²) in [5.74, 6) is 1.47. The first kappa shape index (κ1) is 19.8. The molecule has 0 aliphatic carbocycles. The summed E-state index contributed by atoms with van der Waals surface area (Å²) in [5, 5.41) is 6.64. The number of benzene rings is 1. The maximum atomic E-state index is 12.8. The molecule has 3 heterocycles. The summed E-state index contributed by atoms with van der Waals surface area (Å²) < 4.78 is 11.6. The molecule has 0 unspecified atom stereocenters. The van der Waals surface area contributed by atoms with Crippen molar-refractivity contribution < 1.29 is 18.8 Å². The molecule has 8 nitrogen and oxygen atoms in total. The highest BCUT2D eigenvalue weighted by molar-refractivity contribution is 6.01. The van der Waals surface area contributed by atoms with Crippen molar-refractivity contribution in [2.24, 2.45) is 0 Å². The molecule has 0 radical (unpaired) electrons. The number of amides is 1. The summed E-state index contributed by atoms with van der Waals surface area (Å²) in [6, 6.07) is 8.71. The SMILES string of the molecule is CCC1(CC)CC(=O)c2cc(-c3nc(-c4ccnc(NC(C)=O)c4)no3)ccc2O1. The molecule has 0 bridgehead atoms. The van der Waals surface area contributed by atoms with Gasteiger partial charge in [-0.25, -0.2) is 4.98 Å². The van der Waals surface area contributed by atoms with E-state index >= 15 is 0 Å². The van der Waals surface area contributed by atoms with Crippen molar-refractivity contribution in [1.29, 1.82) is 0 Å². The van der Waals surface area contributed by atoms with Crippen LogP contribution in [-0.2, 0) is 4.79 Å². The van der Waals surface area contributed by atoms with E-state index in [2.05, 4.69) is 20.4 Å². The van der Waals surface area contributed by atoms with Gasteiger partial charge in [0.2, 0.25) is 11.7 Å². The van der Waals surface area contributed by atoms with Gasteiger partial charge in [-0.2, -0.15) is 4.98 Å². The van der Waals surface area contributed by atoms with Crippen molar-refractivity contribution in [3.63, 3.8) is 0 Å². The average molecular weight is 406 g/mol. The zero-order valence-electron chi connectivity index (χ0n) is 17.1. The molecule has 0 spiro atoms. The fraction of sp³-hybridized carbons (Fsp3) is 0.318. The van der Waals surface area contributed by atoms with Crippen LogP contribution in [0.15, 0.2) is 41.1 Å². The standard InChI is InChI=1S/C22H22N4O4/c1-4-22(5-2)12-17(28)16-10-15(6-7-18(16)29-22)21-25-20(26-30-21)14-8-9-23-19(11-14)24-13(3)27/h6-11H,4-5,12H2,1-3H3,(H,23,24,27). The van der Waals surface area contributed by atoms with Crippen LogP contribution in [0.5, 0.6) is 5.75 Å². The second-order valence-corrected chi connectivity index (χ2v) is 7.34. The van der Waals surface area contributed by atoms with Gasteiger partial charge in [-0.3, -0.25) is 9.59 Å². The van der Waals surface area contributed by atoms with Crippen molar-refractivity contribution in [2.45, 2.75) is 45.6 Å². The van der Waals surface area contributed by atoms with E-state index in [1.54, 1.807) is 36.5 Å². The number of anilines is 1. The normalized spacial score (nSPS) is 14.7. The fourth-order valence-electron chi connectivity index (χ4n) is 3.55. The molecule has 1 aromatic carbocycles. The molecule has 0 saturated heterocycles. The molecular formula is C22H22N4O4. The van der Waals surface area contributed by atoms with E-state index in [1.165, 1.54) is 6.92 Å². The molecule has 4 rings (SSSR count). The van der Waals surface area contributed by atoms with Crippen LogP contribution in [-0.4, -0.2) is 32.4 Å². The molecule has 1 aliphatic rings. The Kier molecular flexibility index (Phi) is 5.07. The third-order valence-corrected chi connectivity index (χ3v) is 5.37. The van der Waals surface area contributed by atoms with Gasteiger partial charge >= 0.3 is 0 Å². The van der Waals surface area contributed by atoms with Gasteiger partial charge in [0.25, 0.3) is 5.89 Å². The number of pyridine rings is 1. The first-order valence-electron chi connectivity index (χ1n) is 9.87. The van der Waals surface area contributed by atoms with E-state index in [4.69, 9.17) is 9.26 Å². The van der Waals surface area contributed by atoms with Crippen LogP contribution in [0.2, 0.25) is 0 Å². The van der Waals surface area contributed by atoms with Crippen molar-refractivity contribution in [3.8, 4) is 28.6 Å². The minimum atomic E-state index is -0.434. The number of nitrogens with zero attached hydrogens (tertiary/aromatic N) is 3. The van der Waals surface area contributed by atoms with Crippen LogP contribution in [0.4, 0.5) is 5.82 Å². The Bertz CT molecular complexity index is 1120. The minimum Gasteiger partial charge on any atom is -0.486 e. The lowest BCUT2D eigenvalue weighted by Gasteiger charge is -2.36. The highest BCUT2D eigenvalue weighted by Crippen LogP contribution is 2.39. The van der Waals surface area contributed by atoms with Crippen LogP contribution in [0, 0.1) is 0 Å². The van der Waals surface area contributed by atoms with E-state index in [1.807, 2.05) is 13.8 Å². The third kappa shape index (κ3) is 3.68. The van der Waals surface area contributed by atoms with E-state index < -0.39 is 5.60 Å². The maximum Gasteiger partial charge on any atom is 0.258 e. The predicted octanol–water partition coefficient (Wildman–Crippen LogP) is 4.28. The molecule has 154 valence electrons. The summed E-state index contributed by atoms with van der Waals surface area (Å²) in [5.41, 5.74) is 1.38. The van der Waals surface area contributed by atoms with Gasteiger partial charge in [-0.05, 0) is 43.2 Å². The van der Waals surface area contributed by atoms with Gasteiger partial charge in [0.1, 0.15) is 17.2 Å². The fourth-order valence-corrected chi connectivity index (χ4v) is 3.55. The molecule has 1 amide bonds. The Morgan fingerprint density at radius 3 is 2.70 bits per heavy atom. The second-order valence-electron chi connectivity index (χ2n) is 7.34. The zero-order valence-corrected chi connectivity index (χ0v) is 17.1. The molecule has 1 N–H and O–H groups in total. The number of rotatable bonds is 5. The minimum absolute atomic E-state index is 0.0515. The molecule has 8 heteroatoms. The number of aromatic nitrogens is 3. The molecule has 3 aromatic rings. The number of Topliss-reactive ketones (excluding diaryl/α,β-unsaturated/α-hetero) is 1. The second kappa shape index (κ2) is 7.70. The highest BCUT2D eigenvalue weighted by atomic mass is 16.5. The Labute approximate surface area is 173 Å². The molecule has 2 aromatic heterocycles. The largest absolute Gasteiger partial charge is 0.486 e. The molecule has 1 aliphatic heterocycles. The number of nitrogens with one attached hydrogen (secondary N) is 1. The van der Waals surface area contributed by atoms with Gasteiger partial charge in [0.05, 0.1) is 12.0 Å². The van der Waals surface area contributed by atoms with Crippen LogP contribution in [0.1, 0.15) is 50.4 Å². The molecule has 0 saturated carbocycles. The Balaban J connectivity index is 1.63. The first-order chi connectivity index (χ1) is 14.4. The van der Waals surface area contributed by atoms with E-state index in [0.29, 0.717) is 46.4 Å². The Morgan fingerprint density at radius 1 is 1.17 bits per heavy atom. The van der Waals surface area contributed by atoms with Gasteiger partial charge in [0.15, 0.2) is 5.78 Å². The van der Waals surface area contributed by atoms with Crippen LogP contribution in [0.3, 0.4) is 0 Å².